The number of rotatable bonds is 9. The van der Waals surface area contributed by atoms with Crippen molar-refractivity contribution in [3.05, 3.63) is 35.9 Å². The lowest BCUT2D eigenvalue weighted by molar-refractivity contribution is 0.199. The van der Waals surface area contributed by atoms with E-state index in [2.05, 4.69) is 52.0 Å². The zero-order valence-corrected chi connectivity index (χ0v) is 13.2. The fourth-order valence-corrected chi connectivity index (χ4v) is 2.80. The lowest BCUT2D eigenvalue weighted by atomic mass is 10.2. The van der Waals surface area contributed by atoms with Gasteiger partial charge in [0.2, 0.25) is 5.16 Å². The molecule has 0 saturated heterocycles. The number of hydrogen-bond donors (Lipinski definition) is 1. The molecule has 2 rings (SSSR count). The first-order valence-electron chi connectivity index (χ1n) is 6.98. The van der Waals surface area contributed by atoms with Gasteiger partial charge >= 0.3 is 0 Å². The quantitative estimate of drug-likeness (QED) is 0.562. The van der Waals surface area contributed by atoms with Gasteiger partial charge < -0.3 is 10.1 Å². The molecule has 0 fully saturated rings. The Morgan fingerprint density at radius 3 is 2.86 bits per heavy atom. The maximum atomic E-state index is 4.99. The third-order valence-electron chi connectivity index (χ3n) is 3.03. The Labute approximate surface area is 129 Å². The van der Waals surface area contributed by atoms with Gasteiger partial charge in [0.25, 0.3) is 0 Å². The summed E-state index contributed by atoms with van der Waals surface area (Å²) in [5.41, 5.74) is 1.27. The standard InChI is InChI=1S/C14H21N5OS/c1-12(13-6-4-3-5-7-13)21-14-16-17-18-19(14)10-8-15-9-11-20-2/h3-7,12,15H,8-11H2,1-2H3. The molecule has 2 aromatic rings. The van der Waals surface area contributed by atoms with Crippen LogP contribution in [-0.4, -0.2) is 47.0 Å². The summed E-state index contributed by atoms with van der Waals surface area (Å²) in [6, 6.07) is 10.4. The molecular weight excluding hydrogens is 286 g/mol. The zero-order valence-electron chi connectivity index (χ0n) is 12.4. The van der Waals surface area contributed by atoms with Crippen LogP contribution in [0.2, 0.25) is 0 Å². The van der Waals surface area contributed by atoms with Gasteiger partial charge in [0, 0.05) is 25.4 Å². The van der Waals surface area contributed by atoms with Crippen molar-refractivity contribution in [2.75, 3.05) is 26.8 Å². The van der Waals surface area contributed by atoms with Crippen LogP contribution in [0, 0.1) is 0 Å². The summed E-state index contributed by atoms with van der Waals surface area (Å²) < 4.78 is 6.83. The normalized spacial score (nSPS) is 12.5. The molecule has 1 unspecified atom stereocenters. The fraction of sp³-hybridized carbons (Fsp3) is 0.500. The highest BCUT2D eigenvalue weighted by Crippen LogP contribution is 2.32. The molecule has 0 spiro atoms. The molecule has 114 valence electrons. The molecule has 1 heterocycles. The zero-order chi connectivity index (χ0) is 14.9. The van der Waals surface area contributed by atoms with E-state index in [0.717, 1.165) is 24.8 Å². The second-order valence-electron chi connectivity index (χ2n) is 4.60. The molecule has 6 nitrogen and oxygen atoms in total. The lowest BCUT2D eigenvalue weighted by Gasteiger charge is -2.11. The largest absolute Gasteiger partial charge is 0.383 e. The van der Waals surface area contributed by atoms with E-state index in [4.69, 9.17) is 4.74 Å². The number of thioether (sulfide) groups is 1. The van der Waals surface area contributed by atoms with Crippen LogP contribution in [0.5, 0.6) is 0 Å². The van der Waals surface area contributed by atoms with Crippen LogP contribution in [0.1, 0.15) is 17.7 Å². The molecule has 0 radical (unpaired) electrons. The SMILES string of the molecule is COCCNCCn1nnnc1SC(C)c1ccccc1. The molecule has 7 heteroatoms. The third-order valence-corrected chi connectivity index (χ3v) is 4.16. The summed E-state index contributed by atoms with van der Waals surface area (Å²) in [6.07, 6.45) is 0. The summed E-state index contributed by atoms with van der Waals surface area (Å²) >= 11 is 1.67. The smallest absolute Gasteiger partial charge is 0.209 e. The molecule has 0 aliphatic rings. The van der Waals surface area contributed by atoms with E-state index in [1.165, 1.54) is 5.56 Å². The van der Waals surface area contributed by atoms with Gasteiger partial charge in [0.15, 0.2) is 0 Å². The molecule has 1 aromatic carbocycles. The lowest BCUT2D eigenvalue weighted by Crippen LogP contribution is -2.24. The van der Waals surface area contributed by atoms with Crippen LogP contribution in [0.25, 0.3) is 0 Å². The minimum atomic E-state index is 0.317. The molecule has 1 N–H and O–H groups in total. The van der Waals surface area contributed by atoms with Gasteiger partial charge in [0.05, 0.1) is 13.2 Å². The van der Waals surface area contributed by atoms with Crippen LogP contribution in [-0.2, 0) is 11.3 Å². The van der Waals surface area contributed by atoms with Crippen LogP contribution >= 0.6 is 11.8 Å². The van der Waals surface area contributed by atoms with Crippen molar-refractivity contribution < 1.29 is 4.74 Å². The number of aromatic nitrogens is 4. The van der Waals surface area contributed by atoms with E-state index in [1.54, 1.807) is 18.9 Å². The highest BCUT2D eigenvalue weighted by atomic mass is 32.2. The van der Waals surface area contributed by atoms with Crippen LogP contribution < -0.4 is 5.32 Å². The molecule has 1 aromatic heterocycles. The van der Waals surface area contributed by atoms with Gasteiger partial charge in [-0.1, -0.05) is 42.1 Å². The number of tetrazole rings is 1. The number of ether oxygens (including phenoxy) is 1. The average Bonchev–Trinajstić information content (AvgIpc) is 2.95. The summed E-state index contributed by atoms with van der Waals surface area (Å²) in [5.74, 6) is 0. The highest BCUT2D eigenvalue weighted by molar-refractivity contribution is 7.99. The van der Waals surface area contributed by atoms with Crippen LogP contribution in [0.3, 0.4) is 0 Å². The summed E-state index contributed by atoms with van der Waals surface area (Å²) in [5, 5.41) is 16.4. The van der Waals surface area contributed by atoms with Gasteiger partial charge in [-0.3, -0.25) is 0 Å². The minimum Gasteiger partial charge on any atom is -0.383 e. The van der Waals surface area contributed by atoms with Gasteiger partial charge in [-0.2, -0.15) is 0 Å². The van der Waals surface area contributed by atoms with E-state index >= 15 is 0 Å². The van der Waals surface area contributed by atoms with Crippen LogP contribution in [0.15, 0.2) is 35.5 Å². The minimum absolute atomic E-state index is 0.317. The molecule has 0 bridgehead atoms. The Balaban J connectivity index is 1.85. The molecule has 21 heavy (non-hydrogen) atoms. The Bertz CT molecular complexity index is 519. The van der Waals surface area contributed by atoms with E-state index in [-0.39, 0.29) is 0 Å². The van der Waals surface area contributed by atoms with E-state index < -0.39 is 0 Å². The van der Waals surface area contributed by atoms with Crippen LogP contribution in [0.4, 0.5) is 0 Å². The van der Waals surface area contributed by atoms with Crippen molar-refractivity contribution in [3.8, 4) is 0 Å². The molecule has 1 atom stereocenters. The predicted molar refractivity (Wildman–Crippen MR) is 83.3 cm³/mol. The topological polar surface area (TPSA) is 64.9 Å². The van der Waals surface area contributed by atoms with Crippen molar-refractivity contribution in [2.45, 2.75) is 23.9 Å². The second-order valence-corrected chi connectivity index (χ2v) is 5.91. The van der Waals surface area contributed by atoms with Crippen molar-refractivity contribution >= 4 is 11.8 Å². The average molecular weight is 307 g/mol. The fourth-order valence-electron chi connectivity index (χ4n) is 1.86. The van der Waals surface area contributed by atoms with Crippen molar-refractivity contribution in [2.24, 2.45) is 0 Å². The second kappa shape index (κ2) is 8.76. The van der Waals surface area contributed by atoms with Gasteiger partial charge in [-0.05, 0) is 22.9 Å². The first kappa shape index (κ1) is 15.9. The number of nitrogens with one attached hydrogen (secondary N) is 1. The van der Waals surface area contributed by atoms with E-state index in [1.807, 2.05) is 10.7 Å². The Kier molecular flexibility index (Phi) is 6.65. The highest BCUT2D eigenvalue weighted by Gasteiger charge is 2.13. The third kappa shape index (κ3) is 5.11. The number of hydrogen-bond acceptors (Lipinski definition) is 6. The molecular formula is C14H21N5OS. The van der Waals surface area contributed by atoms with Gasteiger partial charge in [-0.15, -0.1) is 5.10 Å². The Morgan fingerprint density at radius 2 is 2.10 bits per heavy atom. The first-order chi connectivity index (χ1) is 10.3. The van der Waals surface area contributed by atoms with Crippen molar-refractivity contribution in [1.29, 1.82) is 0 Å². The summed E-state index contributed by atoms with van der Waals surface area (Å²) in [7, 11) is 1.70. The van der Waals surface area contributed by atoms with E-state index in [9.17, 15) is 0 Å². The summed E-state index contributed by atoms with van der Waals surface area (Å²) in [4.78, 5) is 0. The van der Waals surface area contributed by atoms with E-state index in [0.29, 0.717) is 11.9 Å². The summed E-state index contributed by atoms with van der Waals surface area (Å²) in [6.45, 7) is 5.28. The monoisotopic (exact) mass is 307 g/mol. The Hall–Kier alpha value is -1.44. The van der Waals surface area contributed by atoms with Gasteiger partial charge in [-0.25, -0.2) is 4.68 Å². The molecule has 0 aliphatic heterocycles. The number of benzene rings is 1. The van der Waals surface area contributed by atoms with Crippen molar-refractivity contribution in [1.82, 2.24) is 25.5 Å². The first-order valence-corrected chi connectivity index (χ1v) is 7.86. The predicted octanol–water partition coefficient (Wildman–Crippen LogP) is 1.76. The Morgan fingerprint density at radius 1 is 1.29 bits per heavy atom. The van der Waals surface area contributed by atoms with Gasteiger partial charge in [0.1, 0.15) is 0 Å². The maximum Gasteiger partial charge on any atom is 0.209 e. The molecule has 0 amide bonds. The number of methoxy groups -OCH3 is 1. The molecule has 0 aliphatic carbocycles. The maximum absolute atomic E-state index is 4.99. The van der Waals surface area contributed by atoms with Crippen molar-refractivity contribution in [3.63, 3.8) is 0 Å². The molecule has 0 saturated carbocycles. The number of nitrogens with zero attached hydrogens (tertiary/aromatic N) is 4.